The van der Waals surface area contributed by atoms with Gasteiger partial charge in [0.05, 0.1) is 5.39 Å². The standard InChI is InChI=1S/C18H12F2N2O5/c19-18(20)27-11-7-5-10(6-8-11)14(23)9-26-17(25)15-12-3-1-2-4-13(12)16(24)22-21-15/h1-8,18H,9H2,(H,22,24). The fourth-order valence-electron chi connectivity index (χ4n) is 2.38. The highest BCUT2D eigenvalue weighted by Crippen LogP contribution is 2.16. The molecule has 0 aliphatic rings. The van der Waals surface area contributed by atoms with Crippen LogP contribution >= 0.6 is 0 Å². The largest absolute Gasteiger partial charge is 0.452 e. The number of hydrogen-bond donors (Lipinski definition) is 1. The Kier molecular flexibility index (Phi) is 5.20. The van der Waals surface area contributed by atoms with Crippen LogP contribution in [0.25, 0.3) is 10.8 Å². The molecule has 0 unspecified atom stereocenters. The highest BCUT2D eigenvalue weighted by atomic mass is 19.3. The molecule has 0 amide bonds. The van der Waals surface area contributed by atoms with Gasteiger partial charge in [-0.1, -0.05) is 18.2 Å². The number of aromatic nitrogens is 2. The lowest BCUT2D eigenvalue weighted by Crippen LogP contribution is -2.19. The van der Waals surface area contributed by atoms with Crippen molar-refractivity contribution in [1.82, 2.24) is 10.2 Å². The number of rotatable bonds is 6. The minimum absolute atomic E-state index is 0.0949. The zero-order valence-electron chi connectivity index (χ0n) is 13.6. The van der Waals surface area contributed by atoms with Gasteiger partial charge in [-0.25, -0.2) is 9.89 Å². The van der Waals surface area contributed by atoms with Crippen LogP contribution < -0.4 is 10.3 Å². The van der Waals surface area contributed by atoms with E-state index in [-0.39, 0.29) is 22.4 Å². The number of carbonyl (C=O) groups is 2. The summed E-state index contributed by atoms with van der Waals surface area (Å²) in [4.78, 5) is 36.0. The highest BCUT2D eigenvalue weighted by molar-refractivity contribution is 6.04. The van der Waals surface area contributed by atoms with E-state index in [0.717, 1.165) is 0 Å². The molecule has 0 aliphatic carbocycles. The van der Waals surface area contributed by atoms with E-state index in [9.17, 15) is 23.2 Å². The number of alkyl halides is 2. The zero-order valence-corrected chi connectivity index (χ0v) is 13.6. The van der Waals surface area contributed by atoms with Gasteiger partial charge in [0.2, 0.25) is 0 Å². The van der Waals surface area contributed by atoms with E-state index >= 15 is 0 Å². The van der Waals surface area contributed by atoms with Gasteiger partial charge in [0, 0.05) is 10.9 Å². The third kappa shape index (κ3) is 4.14. The van der Waals surface area contributed by atoms with Crippen LogP contribution in [0, 0.1) is 0 Å². The molecule has 0 atom stereocenters. The molecule has 9 heteroatoms. The second-order valence-corrected chi connectivity index (χ2v) is 5.35. The average molecular weight is 374 g/mol. The van der Waals surface area contributed by atoms with Gasteiger partial charge in [-0.3, -0.25) is 9.59 Å². The van der Waals surface area contributed by atoms with Gasteiger partial charge in [-0.15, -0.1) is 0 Å². The lowest BCUT2D eigenvalue weighted by Gasteiger charge is -2.07. The molecule has 138 valence electrons. The topological polar surface area (TPSA) is 98.4 Å². The minimum Gasteiger partial charge on any atom is -0.452 e. The first-order valence-corrected chi connectivity index (χ1v) is 7.68. The molecule has 1 heterocycles. The fourth-order valence-corrected chi connectivity index (χ4v) is 2.38. The van der Waals surface area contributed by atoms with Crippen LogP contribution in [0.4, 0.5) is 8.78 Å². The van der Waals surface area contributed by atoms with Crippen LogP contribution in [-0.4, -0.2) is 35.2 Å². The summed E-state index contributed by atoms with van der Waals surface area (Å²) in [5, 5.41) is 6.45. The number of ether oxygens (including phenoxy) is 2. The molecule has 0 spiro atoms. The van der Waals surface area contributed by atoms with Gasteiger partial charge in [-0.05, 0) is 30.3 Å². The summed E-state index contributed by atoms with van der Waals surface area (Å²) in [5.74, 6) is -1.52. The van der Waals surface area contributed by atoms with E-state index in [2.05, 4.69) is 14.9 Å². The Labute approximate surface area is 150 Å². The van der Waals surface area contributed by atoms with Crippen molar-refractivity contribution in [3.63, 3.8) is 0 Å². The Bertz CT molecular complexity index is 1050. The van der Waals surface area contributed by atoms with E-state index in [1.807, 2.05) is 0 Å². The number of Topliss-reactive ketones (excluding diaryl/α,β-unsaturated/α-hetero) is 1. The van der Waals surface area contributed by atoms with Crippen LogP contribution in [0.5, 0.6) is 5.75 Å². The minimum atomic E-state index is -2.97. The number of esters is 1. The van der Waals surface area contributed by atoms with Crippen LogP contribution in [0.3, 0.4) is 0 Å². The number of H-pyrrole nitrogens is 1. The molecule has 3 aromatic rings. The monoisotopic (exact) mass is 374 g/mol. The van der Waals surface area contributed by atoms with Crippen LogP contribution in [-0.2, 0) is 4.74 Å². The summed E-state index contributed by atoms with van der Waals surface area (Å²) in [6.07, 6.45) is 0. The number of benzene rings is 2. The first-order valence-electron chi connectivity index (χ1n) is 7.68. The second kappa shape index (κ2) is 7.73. The van der Waals surface area contributed by atoms with E-state index < -0.39 is 30.5 Å². The van der Waals surface area contributed by atoms with Crippen molar-refractivity contribution in [2.75, 3.05) is 6.61 Å². The van der Waals surface area contributed by atoms with Crippen LogP contribution in [0.2, 0.25) is 0 Å². The number of nitrogens with zero attached hydrogens (tertiary/aromatic N) is 1. The summed E-state index contributed by atoms with van der Waals surface area (Å²) in [6.45, 7) is -3.55. The Hall–Kier alpha value is -3.62. The zero-order chi connectivity index (χ0) is 19.4. The smallest absolute Gasteiger partial charge is 0.387 e. The van der Waals surface area contributed by atoms with Gasteiger partial charge in [-0.2, -0.15) is 13.9 Å². The summed E-state index contributed by atoms with van der Waals surface area (Å²) < 4.78 is 33.4. The molecule has 3 rings (SSSR count). The van der Waals surface area contributed by atoms with Gasteiger partial charge < -0.3 is 9.47 Å². The van der Waals surface area contributed by atoms with Crippen molar-refractivity contribution in [3.05, 3.63) is 70.1 Å². The first kappa shape index (κ1) is 18.2. The quantitative estimate of drug-likeness (QED) is 0.526. The molecule has 0 bridgehead atoms. The summed E-state index contributed by atoms with van der Waals surface area (Å²) in [6, 6.07) is 11.3. The van der Waals surface area contributed by atoms with Crippen molar-refractivity contribution in [2.45, 2.75) is 6.61 Å². The Morgan fingerprint density at radius 1 is 1.04 bits per heavy atom. The molecular formula is C18H12F2N2O5. The predicted molar refractivity (Wildman–Crippen MR) is 90.1 cm³/mol. The molecule has 27 heavy (non-hydrogen) atoms. The van der Waals surface area contributed by atoms with Gasteiger partial charge in [0.25, 0.3) is 5.56 Å². The molecule has 1 N–H and O–H groups in total. The average Bonchev–Trinajstić information content (AvgIpc) is 2.66. The third-order valence-electron chi connectivity index (χ3n) is 3.63. The number of hydrogen-bond acceptors (Lipinski definition) is 6. The number of nitrogens with one attached hydrogen (secondary N) is 1. The van der Waals surface area contributed by atoms with E-state index in [1.54, 1.807) is 12.1 Å². The number of aromatic amines is 1. The van der Waals surface area contributed by atoms with E-state index in [4.69, 9.17) is 4.74 Å². The third-order valence-corrected chi connectivity index (χ3v) is 3.63. The fraction of sp³-hybridized carbons (Fsp3) is 0.111. The van der Waals surface area contributed by atoms with Gasteiger partial charge >= 0.3 is 12.6 Å². The molecule has 0 fully saturated rings. The SMILES string of the molecule is O=C(COC(=O)c1n[nH]c(=O)c2ccccc12)c1ccc(OC(F)F)cc1. The van der Waals surface area contributed by atoms with Gasteiger partial charge in [0.1, 0.15) is 5.75 Å². The van der Waals surface area contributed by atoms with E-state index in [0.29, 0.717) is 5.39 Å². The number of carbonyl (C=O) groups excluding carboxylic acids is 2. The molecule has 7 nitrogen and oxygen atoms in total. The molecule has 2 aromatic carbocycles. The molecule has 0 saturated heterocycles. The van der Waals surface area contributed by atoms with Crippen molar-refractivity contribution in [1.29, 1.82) is 0 Å². The highest BCUT2D eigenvalue weighted by Gasteiger charge is 2.17. The summed E-state index contributed by atoms with van der Waals surface area (Å²) in [7, 11) is 0. The summed E-state index contributed by atoms with van der Waals surface area (Å²) in [5.41, 5.74) is -0.424. The first-order chi connectivity index (χ1) is 13.0. The maximum atomic E-state index is 12.2. The maximum absolute atomic E-state index is 12.2. The molecule has 1 aromatic heterocycles. The second-order valence-electron chi connectivity index (χ2n) is 5.35. The number of halogens is 2. The number of fused-ring (bicyclic) bond motifs is 1. The molecular weight excluding hydrogens is 362 g/mol. The molecule has 0 saturated carbocycles. The lowest BCUT2D eigenvalue weighted by atomic mass is 10.1. The Morgan fingerprint density at radius 2 is 1.70 bits per heavy atom. The van der Waals surface area contributed by atoms with Crippen molar-refractivity contribution in [2.24, 2.45) is 0 Å². The normalized spacial score (nSPS) is 10.8. The number of ketones is 1. The Morgan fingerprint density at radius 3 is 2.37 bits per heavy atom. The molecule has 0 radical (unpaired) electrons. The van der Waals surface area contributed by atoms with Crippen LogP contribution in [0.15, 0.2) is 53.3 Å². The Balaban J connectivity index is 1.70. The van der Waals surface area contributed by atoms with E-state index in [1.165, 1.54) is 36.4 Å². The molecule has 0 aliphatic heterocycles. The van der Waals surface area contributed by atoms with Crippen LogP contribution in [0.1, 0.15) is 20.8 Å². The van der Waals surface area contributed by atoms with Gasteiger partial charge in [0.15, 0.2) is 18.1 Å². The van der Waals surface area contributed by atoms with Crippen molar-refractivity contribution < 1.29 is 27.8 Å². The van der Waals surface area contributed by atoms with Crippen molar-refractivity contribution in [3.8, 4) is 5.75 Å². The van der Waals surface area contributed by atoms with Crippen molar-refractivity contribution >= 4 is 22.5 Å². The predicted octanol–water partition coefficient (Wildman–Crippen LogP) is 2.56. The maximum Gasteiger partial charge on any atom is 0.387 e. The lowest BCUT2D eigenvalue weighted by molar-refractivity contribution is -0.0498. The summed E-state index contributed by atoms with van der Waals surface area (Å²) >= 11 is 0.